The first-order chi connectivity index (χ1) is 11.8. The molecular weight excluding hydrogens is 318 g/mol. The first-order valence-corrected chi connectivity index (χ1v) is 8.05. The van der Waals surface area contributed by atoms with E-state index in [1.165, 1.54) is 13.0 Å². The number of aromatic nitrogens is 2. The van der Waals surface area contributed by atoms with E-state index >= 15 is 0 Å². The highest BCUT2D eigenvalue weighted by atomic mass is 16.5. The molecule has 1 atom stereocenters. The zero-order chi connectivity index (χ0) is 18.6. The second-order valence-corrected chi connectivity index (χ2v) is 5.93. The number of hydrogen-bond acceptors (Lipinski definition) is 4. The number of nitrogens with one attached hydrogen (secondary N) is 1. The van der Waals surface area contributed by atoms with Crippen LogP contribution in [0.2, 0.25) is 0 Å². The molecule has 0 saturated carbocycles. The van der Waals surface area contributed by atoms with Crippen LogP contribution in [0.5, 0.6) is 0 Å². The van der Waals surface area contributed by atoms with Crippen LogP contribution in [-0.4, -0.2) is 27.8 Å². The fraction of sp³-hybridized carbons (Fsp3) is 0.316. The number of benzene rings is 1. The smallest absolute Gasteiger partial charge is 0.331 e. The van der Waals surface area contributed by atoms with Crippen molar-refractivity contribution >= 4 is 23.6 Å². The average Bonchev–Trinajstić information content (AvgIpc) is 2.80. The minimum absolute atomic E-state index is 0.392. The number of rotatable bonds is 5. The van der Waals surface area contributed by atoms with E-state index < -0.39 is 18.0 Å². The molecule has 0 fully saturated rings. The second-order valence-electron chi connectivity index (χ2n) is 5.93. The quantitative estimate of drug-likeness (QED) is 0.670. The number of nitrogens with zero attached hydrogens (tertiary/aromatic N) is 2. The van der Waals surface area contributed by atoms with Gasteiger partial charge in [0, 0.05) is 13.1 Å². The Morgan fingerprint density at radius 2 is 1.92 bits per heavy atom. The third-order valence-electron chi connectivity index (χ3n) is 4.01. The lowest BCUT2D eigenvalue weighted by molar-refractivity contribution is -0.148. The molecular formula is C19H23N3O3. The fourth-order valence-electron chi connectivity index (χ4n) is 2.38. The third-order valence-corrected chi connectivity index (χ3v) is 4.01. The van der Waals surface area contributed by atoms with Gasteiger partial charge in [-0.3, -0.25) is 9.48 Å². The Morgan fingerprint density at radius 1 is 1.24 bits per heavy atom. The average molecular weight is 341 g/mol. The molecule has 0 spiro atoms. The van der Waals surface area contributed by atoms with Crippen molar-refractivity contribution in [3.63, 3.8) is 0 Å². The van der Waals surface area contributed by atoms with E-state index in [1.807, 2.05) is 45.0 Å². The maximum absolute atomic E-state index is 12.2. The maximum Gasteiger partial charge on any atom is 0.331 e. The van der Waals surface area contributed by atoms with Crippen LogP contribution in [0.1, 0.15) is 29.4 Å². The van der Waals surface area contributed by atoms with Gasteiger partial charge in [-0.15, -0.1) is 0 Å². The van der Waals surface area contributed by atoms with E-state index in [2.05, 4.69) is 10.4 Å². The van der Waals surface area contributed by atoms with Crippen LogP contribution in [0.15, 0.2) is 30.3 Å². The normalized spacial score (nSPS) is 12.2. The van der Waals surface area contributed by atoms with Gasteiger partial charge in [0.25, 0.3) is 5.91 Å². The van der Waals surface area contributed by atoms with Crippen molar-refractivity contribution in [3.8, 4) is 0 Å². The number of aryl methyl sites for hydroxylation is 3. The lowest BCUT2D eigenvalue weighted by atomic mass is 10.1. The third kappa shape index (κ3) is 4.56. The van der Waals surface area contributed by atoms with Crippen LogP contribution in [0.4, 0.5) is 5.69 Å². The molecule has 1 heterocycles. The molecule has 1 N–H and O–H groups in total. The minimum atomic E-state index is -0.909. The molecule has 0 aliphatic carbocycles. The predicted octanol–water partition coefficient (Wildman–Crippen LogP) is 2.93. The van der Waals surface area contributed by atoms with Gasteiger partial charge in [0.15, 0.2) is 6.10 Å². The highest BCUT2D eigenvalue weighted by Gasteiger charge is 2.20. The van der Waals surface area contributed by atoms with E-state index in [1.54, 1.807) is 17.8 Å². The number of ether oxygens (including phenoxy) is 1. The van der Waals surface area contributed by atoms with Crippen molar-refractivity contribution in [2.24, 2.45) is 7.05 Å². The summed E-state index contributed by atoms with van der Waals surface area (Å²) in [7, 11) is 1.80. The van der Waals surface area contributed by atoms with Gasteiger partial charge in [-0.05, 0) is 44.9 Å². The molecule has 132 valence electrons. The van der Waals surface area contributed by atoms with Crippen molar-refractivity contribution in [1.29, 1.82) is 0 Å². The first-order valence-electron chi connectivity index (χ1n) is 8.05. The highest BCUT2D eigenvalue weighted by molar-refractivity contribution is 5.97. The van der Waals surface area contributed by atoms with Crippen molar-refractivity contribution in [1.82, 2.24) is 9.78 Å². The van der Waals surface area contributed by atoms with Gasteiger partial charge in [0.1, 0.15) is 0 Å². The van der Waals surface area contributed by atoms with Gasteiger partial charge in [-0.1, -0.05) is 24.3 Å². The Balaban J connectivity index is 1.96. The molecule has 1 aromatic carbocycles. The van der Waals surface area contributed by atoms with E-state index in [9.17, 15) is 9.59 Å². The van der Waals surface area contributed by atoms with Crippen molar-refractivity contribution in [2.45, 2.75) is 33.8 Å². The topological polar surface area (TPSA) is 73.2 Å². The number of amides is 1. The molecule has 1 amide bonds. The van der Waals surface area contributed by atoms with Gasteiger partial charge < -0.3 is 10.1 Å². The first kappa shape index (κ1) is 18.4. The lowest BCUT2D eigenvalue weighted by Gasteiger charge is -2.12. The lowest BCUT2D eigenvalue weighted by Crippen LogP contribution is -2.29. The second kappa shape index (κ2) is 7.79. The molecule has 6 nitrogen and oxygen atoms in total. The molecule has 0 aliphatic heterocycles. The monoisotopic (exact) mass is 341 g/mol. The number of carbonyl (C=O) groups excluding carboxylic acids is 2. The molecule has 0 saturated heterocycles. The van der Waals surface area contributed by atoms with Gasteiger partial charge in [-0.2, -0.15) is 5.10 Å². The summed E-state index contributed by atoms with van der Waals surface area (Å²) < 4.78 is 6.85. The predicted molar refractivity (Wildman–Crippen MR) is 97.1 cm³/mol. The zero-order valence-electron chi connectivity index (χ0n) is 15.2. The molecule has 25 heavy (non-hydrogen) atoms. The van der Waals surface area contributed by atoms with Crippen LogP contribution in [-0.2, 0) is 21.4 Å². The summed E-state index contributed by atoms with van der Waals surface area (Å²) in [5.74, 6) is -0.956. The van der Waals surface area contributed by atoms with Gasteiger partial charge in [0.2, 0.25) is 0 Å². The molecule has 0 unspecified atom stereocenters. The van der Waals surface area contributed by atoms with Crippen molar-refractivity contribution in [2.75, 3.05) is 5.32 Å². The SMILES string of the molecule is Cc1ccccc1/C=C/C(=O)O[C@@H](C)C(=O)Nc1c(C)nn(C)c1C. The summed E-state index contributed by atoms with van der Waals surface area (Å²) in [4.78, 5) is 24.2. The number of esters is 1. The van der Waals surface area contributed by atoms with Crippen LogP contribution in [0.25, 0.3) is 6.08 Å². The summed E-state index contributed by atoms with van der Waals surface area (Å²) in [5, 5.41) is 7.00. The van der Waals surface area contributed by atoms with E-state index in [0.29, 0.717) is 11.4 Å². The van der Waals surface area contributed by atoms with Crippen LogP contribution >= 0.6 is 0 Å². The Bertz CT molecular complexity index is 821. The molecule has 0 aliphatic rings. The summed E-state index contributed by atoms with van der Waals surface area (Å²) >= 11 is 0. The van der Waals surface area contributed by atoms with E-state index in [0.717, 1.165) is 16.8 Å². The fourth-order valence-corrected chi connectivity index (χ4v) is 2.38. The van der Waals surface area contributed by atoms with Gasteiger partial charge in [0.05, 0.1) is 17.1 Å². The van der Waals surface area contributed by atoms with E-state index in [4.69, 9.17) is 4.74 Å². The summed E-state index contributed by atoms with van der Waals surface area (Å²) in [6.07, 6.45) is 2.10. The minimum Gasteiger partial charge on any atom is -0.449 e. The standard InChI is InChI=1S/C19H23N3O3/c1-12-8-6-7-9-16(12)10-11-17(23)25-15(4)19(24)20-18-13(2)21-22(5)14(18)3/h6-11,15H,1-5H3,(H,20,24)/b11-10+/t15-/m0/s1. The molecule has 0 bridgehead atoms. The Hall–Kier alpha value is -2.89. The van der Waals surface area contributed by atoms with Crippen molar-refractivity contribution < 1.29 is 14.3 Å². The largest absolute Gasteiger partial charge is 0.449 e. The number of hydrogen-bond donors (Lipinski definition) is 1. The van der Waals surface area contributed by atoms with E-state index in [-0.39, 0.29) is 0 Å². The van der Waals surface area contributed by atoms with Crippen molar-refractivity contribution in [3.05, 3.63) is 52.9 Å². The summed E-state index contributed by atoms with van der Waals surface area (Å²) in [5.41, 5.74) is 4.18. The Morgan fingerprint density at radius 3 is 2.52 bits per heavy atom. The van der Waals surface area contributed by atoms with Crippen LogP contribution in [0.3, 0.4) is 0 Å². The summed E-state index contributed by atoms with van der Waals surface area (Å²) in [6, 6.07) is 7.69. The maximum atomic E-state index is 12.2. The zero-order valence-corrected chi connectivity index (χ0v) is 15.2. The number of anilines is 1. The molecule has 0 radical (unpaired) electrons. The van der Waals surface area contributed by atoms with Gasteiger partial charge in [-0.25, -0.2) is 4.79 Å². The van der Waals surface area contributed by atoms with Crippen LogP contribution in [0, 0.1) is 20.8 Å². The number of carbonyl (C=O) groups is 2. The van der Waals surface area contributed by atoms with Crippen LogP contribution < -0.4 is 5.32 Å². The molecule has 6 heteroatoms. The summed E-state index contributed by atoms with van der Waals surface area (Å²) in [6.45, 7) is 7.16. The molecule has 2 rings (SSSR count). The van der Waals surface area contributed by atoms with Gasteiger partial charge >= 0.3 is 5.97 Å². The molecule has 2 aromatic rings. The Labute approximate surface area is 147 Å². The highest BCUT2D eigenvalue weighted by Crippen LogP contribution is 2.18. The Kier molecular flexibility index (Phi) is 5.75. The molecule has 1 aromatic heterocycles.